The standard InChI is InChI=1S/C33H53NO4/c1-23(2)34(4)32(37)38-20-12-10-8-6-5-7-9-11-13-25-22-33(3)29(18-19-30(33)36)28-16-14-24-21-26(35)15-17-27(24)31(25)28/h15,17,21,23,25,28-31,35-36H,5-14,16,18-20,22H2,1-4H3/t25-,28-,29-,30-,31+,33-/m0/s1. The van der Waals surface area contributed by atoms with Gasteiger partial charge in [0.1, 0.15) is 5.75 Å². The topological polar surface area (TPSA) is 70.0 Å². The number of nitrogens with zero attached hydrogens (tertiary/aromatic N) is 1. The first-order chi connectivity index (χ1) is 18.2. The number of hydrogen-bond acceptors (Lipinski definition) is 4. The molecule has 5 heteroatoms. The second kappa shape index (κ2) is 13.1. The summed E-state index contributed by atoms with van der Waals surface area (Å²) in [6, 6.07) is 6.29. The molecule has 0 radical (unpaired) electrons. The van der Waals surface area contributed by atoms with Crippen LogP contribution in [0.5, 0.6) is 5.75 Å². The fraction of sp³-hybridized carbons (Fsp3) is 0.788. The summed E-state index contributed by atoms with van der Waals surface area (Å²) in [4.78, 5) is 13.5. The van der Waals surface area contributed by atoms with Crippen LogP contribution in [0.25, 0.3) is 0 Å². The number of ether oxygens (including phenoxy) is 1. The maximum absolute atomic E-state index is 11.9. The van der Waals surface area contributed by atoms with Gasteiger partial charge >= 0.3 is 6.09 Å². The van der Waals surface area contributed by atoms with Gasteiger partial charge in [-0.05, 0) is 111 Å². The predicted molar refractivity (Wildman–Crippen MR) is 153 cm³/mol. The molecule has 3 aliphatic rings. The molecule has 0 heterocycles. The van der Waals surface area contributed by atoms with Gasteiger partial charge in [0.2, 0.25) is 0 Å². The molecule has 0 aliphatic heterocycles. The summed E-state index contributed by atoms with van der Waals surface area (Å²) in [6.45, 7) is 6.89. The SMILES string of the molecule is CC(C)N(C)C(=O)OCCCCCCCCCC[C@H]1C[C@]2(C)[C@@H](O)CC[C@H]2[C@@H]2CCc3cc(O)ccc3[C@@H]12. The van der Waals surface area contributed by atoms with E-state index in [0.717, 1.165) is 32.1 Å². The first-order valence-corrected chi connectivity index (χ1v) is 15.6. The second-order valence-electron chi connectivity index (χ2n) is 13.2. The zero-order chi connectivity index (χ0) is 27.3. The zero-order valence-electron chi connectivity index (χ0n) is 24.5. The molecule has 2 fully saturated rings. The van der Waals surface area contributed by atoms with Gasteiger partial charge in [0, 0.05) is 13.1 Å². The number of phenolic OH excluding ortho intramolecular Hbond substituents is 1. The first kappa shape index (κ1) is 29.2. The lowest BCUT2D eigenvalue weighted by Gasteiger charge is -2.54. The highest BCUT2D eigenvalue weighted by atomic mass is 16.6. The quantitative estimate of drug-likeness (QED) is 0.272. The van der Waals surface area contributed by atoms with E-state index in [1.807, 2.05) is 26.0 Å². The van der Waals surface area contributed by atoms with Crippen molar-refractivity contribution >= 4 is 6.09 Å². The van der Waals surface area contributed by atoms with E-state index in [9.17, 15) is 15.0 Å². The average Bonchev–Trinajstić information content (AvgIpc) is 3.19. The number of hydrogen-bond donors (Lipinski definition) is 2. The minimum atomic E-state index is -0.217. The molecule has 0 saturated heterocycles. The van der Waals surface area contributed by atoms with Crippen LogP contribution in [0.1, 0.15) is 121 Å². The highest BCUT2D eigenvalue weighted by molar-refractivity contribution is 5.67. The monoisotopic (exact) mass is 527 g/mol. The number of benzene rings is 1. The number of aliphatic hydroxyl groups excluding tert-OH is 1. The smallest absolute Gasteiger partial charge is 0.409 e. The van der Waals surface area contributed by atoms with E-state index in [4.69, 9.17) is 4.74 Å². The van der Waals surface area contributed by atoms with E-state index in [1.54, 1.807) is 11.9 Å². The lowest BCUT2D eigenvalue weighted by molar-refractivity contribution is -0.0501. The van der Waals surface area contributed by atoms with Crippen LogP contribution in [0.15, 0.2) is 18.2 Å². The Morgan fingerprint density at radius 3 is 2.45 bits per heavy atom. The highest BCUT2D eigenvalue weighted by Crippen LogP contribution is 2.63. The number of aromatic hydroxyl groups is 1. The van der Waals surface area contributed by atoms with Crippen molar-refractivity contribution in [2.75, 3.05) is 13.7 Å². The Morgan fingerprint density at radius 1 is 1.05 bits per heavy atom. The molecule has 1 amide bonds. The molecule has 1 aromatic carbocycles. The van der Waals surface area contributed by atoms with Crippen LogP contribution in [0.2, 0.25) is 0 Å². The van der Waals surface area contributed by atoms with Gasteiger partial charge in [0.05, 0.1) is 12.7 Å². The fourth-order valence-electron chi connectivity index (χ4n) is 8.17. The molecule has 0 spiro atoms. The Morgan fingerprint density at radius 2 is 1.74 bits per heavy atom. The number of fused-ring (bicyclic) bond motifs is 5. The number of carbonyl (C=O) groups excluding carboxylic acids is 1. The summed E-state index contributed by atoms with van der Waals surface area (Å²) in [5.74, 6) is 2.95. The number of unbranched alkanes of at least 4 members (excludes halogenated alkanes) is 7. The van der Waals surface area contributed by atoms with Crippen molar-refractivity contribution in [1.82, 2.24) is 4.90 Å². The molecule has 214 valence electrons. The molecule has 38 heavy (non-hydrogen) atoms. The number of aryl methyl sites for hydroxylation is 1. The first-order valence-electron chi connectivity index (χ1n) is 15.6. The molecule has 1 aromatic rings. The van der Waals surface area contributed by atoms with Crippen molar-refractivity contribution in [2.45, 2.75) is 129 Å². The lowest BCUT2D eigenvalue weighted by atomic mass is 9.51. The number of aliphatic hydroxyl groups is 1. The van der Waals surface area contributed by atoms with Crippen LogP contribution in [0, 0.1) is 23.2 Å². The summed E-state index contributed by atoms with van der Waals surface area (Å²) in [6.07, 6.45) is 16.2. The van der Waals surface area contributed by atoms with Gasteiger partial charge in [0.15, 0.2) is 0 Å². The second-order valence-corrected chi connectivity index (χ2v) is 13.2. The maximum atomic E-state index is 11.9. The summed E-state index contributed by atoms with van der Waals surface area (Å²) in [7, 11) is 1.79. The number of phenols is 1. The summed E-state index contributed by atoms with van der Waals surface area (Å²) in [5, 5.41) is 21.1. The Bertz CT molecular complexity index is 916. The molecule has 6 atom stereocenters. The Balaban J connectivity index is 1.19. The van der Waals surface area contributed by atoms with Gasteiger partial charge in [-0.15, -0.1) is 0 Å². The molecule has 4 rings (SSSR count). The molecule has 0 bridgehead atoms. The van der Waals surface area contributed by atoms with E-state index in [2.05, 4.69) is 13.0 Å². The van der Waals surface area contributed by atoms with E-state index >= 15 is 0 Å². The molecule has 2 N–H and O–H groups in total. The summed E-state index contributed by atoms with van der Waals surface area (Å²) >= 11 is 0. The van der Waals surface area contributed by atoms with Crippen LogP contribution in [-0.2, 0) is 11.2 Å². The van der Waals surface area contributed by atoms with E-state index in [0.29, 0.717) is 36.0 Å². The zero-order valence-corrected chi connectivity index (χ0v) is 24.5. The predicted octanol–water partition coefficient (Wildman–Crippen LogP) is 7.82. The van der Waals surface area contributed by atoms with Gasteiger partial charge < -0.3 is 19.8 Å². The third kappa shape index (κ3) is 6.51. The fourth-order valence-corrected chi connectivity index (χ4v) is 8.17. The normalized spacial score (nSPS) is 30.0. The molecular weight excluding hydrogens is 474 g/mol. The van der Waals surface area contributed by atoms with Crippen molar-refractivity contribution < 1.29 is 19.7 Å². The van der Waals surface area contributed by atoms with Crippen LogP contribution in [-0.4, -0.2) is 47.0 Å². The minimum absolute atomic E-state index is 0.0821. The minimum Gasteiger partial charge on any atom is -0.508 e. The van der Waals surface area contributed by atoms with Crippen LogP contribution < -0.4 is 0 Å². The molecular formula is C33H53NO4. The van der Waals surface area contributed by atoms with Gasteiger partial charge in [-0.2, -0.15) is 0 Å². The van der Waals surface area contributed by atoms with Crippen LogP contribution >= 0.6 is 0 Å². The van der Waals surface area contributed by atoms with Gasteiger partial charge in [-0.25, -0.2) is 4.79 Å². The van der Waals surface area contributed by atoms with Gasteiger partial charge in [0.25, 0.3) is 0 Å². The van der Waals surface area contributed by atoms with E-state index in [1.165, 1.54) is 68.9 Å². The molecule has 5 nitrogen and oxygen atoms in total. The molecule has 3 aliphatic carbocycles. The van der Waals surface area contributed by atoms with Crippen LogP contribution in [0.3, 0.4) is 0 Å². The number of amides is 1. The van der Waals surface area contributed by atoms with Crippen molar-refractivity contribution in [3.63, 3.8) is 0 Å². The maximum Gasteiger partial charge on any atom is 0.409 e. The van der Waals surface area contributed by atoms with E-state index < -0.39 is 0 Å². The largest absolute Gasteiger partial charge is 0.508 e. The summed E-state index contributed by atoms with van der Waals surface area (Å²) < 4.78 is 5.35. The van der Waals surface area contributed by atoms with Gasteiger partial charge in [-0.3, -0.25) is 0 Å². The van der Waals surface area contributed by atoms with Crippen molar-refractivity contribution in [3.05, 3.63) is 29.3 Å². The van der Waals surface area contributed by atoms with Gasteiger partial charge in [-0.1, -0.05) is 57.9 Å². The Kier molecular flexibility index (Phi) is 10.1. The molecule has 2 saturated carbocycles. The highest BCUT2D eigenvalue weighted by Gasteiger charge is 2.57. The van der Waals surface area contributed by atoms with Crippen LogP contribution in [0.4, 0.5) is 4.79 Å². The van der Waals surface area contributed by atoms with E-state index in [-0.39, 0.29) is 23.7 Å². The Labute approximate surface area is 231 Å². The van der Waals surface area contributed by atoms with Crippen molar-refractivity contribution in [3.8, 4) is 5.75 Å². The third-order valence-corrected chi connectivity index (χ3v) is 10.5. The van der Waals surface area contributed by atoms with Crippen molar-refractivity contribution in [2.24, 2.45) is 23.2 Å². The number of rotatable bonds is 12. The number of carbonyl (C=O) groups is 1. The summed E-state index contributed by atoms with van der Waals surface area (Å²) in [5.41, 5.74) is 2.94. The molecule has 0 unspecified atom stereocenters. The third-order valence-electron chi connectivity index (χ3n) is 10.5. The molecule has 0 aromatic heterocycles. The lowest BCUT2D eigenvalue weighted by Crippen LogP contribution is -2.47. The average molecular weight is 528 g/mol. The Hall–Kier alpha value is -1.75. The van der Waals surface area contributed by atoms with Crippen molar-refractivity contribution in [1.29, 1.82) is 0 Å².